The van der Waals surface area contributed by atoms with Crippen LogP contribution in [0.3, 0.4) is 0 Å². The Morgan fingerprint density at radius 2 is 1.95 bits per heavy atom. The summed E-state index contributed by atoms with van der Waals surface area (Å²) in [6, 6.07) is 8.26. The van der Waals surface area contributed by atoms with E-state index in [1.807, 2.05) is 12.1 Å². The fourth-order valence-electron chi connectivity index (χ4n) is 2.65. The van der Waals surface area contributed by atoms with Gasteiger partial charge in [-0.3, -0.25) is 9.59 Å². The lowest BCUT2D eigenvalue weighted by Crippen LogP contribution is -2.26. The van der Waals surface area contributed by atoms with Crippen LogP contribution in [0, 0.1) is 6.92 Å². The first-order valence-electron chi connectivity index (χ1n) is 7.41. The molecule has 0 radical (unpaired) electrons. The highest BCUT2D eigenvalue weighted by atomic mass is 16.5. The minimum atomic E-state index is -0.361. The number of hydrogen-bond acceptors (Lipinski definition) is 3. The monoisotopic (exact) mass is 302 g/mol. The lowest BCUT2D eigenvalue weighted by molar-refractivity contribution is -0.142. The Morgan fingerprint density at radius 3 is 2.68 bits per heavy atom. The Morgan fingerprint density at radius 1 is 1.23 bits per heavy atom. The van der Waals surface area contributed by atoms with Crippen LogP contribution in [-0.4, -0.2) is 30.1 Å². The fraction of sp³-hybridized carbons (Fsp3) is 0.412. The molecule has 0 atom stereocenters. The SMILES string of the molecule is COC(=O)CCC(=O)NCCc1c(C)n(C)c2ccccc12. The third-order valence-corrected chi connectivity index (χ3v) is 4.01. The van der Waals surface area contributed by atoms with Gasteiger partial charge in [0.1, 0.15) is 0 Å². The largest absolute Gasteiger partial charge is 0.469 e. The Hall–Kier alpha value is -2.30. The number of amides is 1. The zero-order chi connectivity index (χ0) is 16.1. The molecule has 0 unspecified atom stereocenters. The van der Waals surface area contributed by atoms with Crippen molar-refractivity contribution in [2.75, 3.05) is 13.7 Å². The molecule has 22 heavy (non-hydrogen) atoms. The van der Waals surface area contributed by atoms with Gasteiger partial charge in [-0.2, -0.15) is 0 Å². The number of methoxy groups -OCH3 is 1. The summed E-state index contributed by atoms with van der Waals surface area (Å²) in [6.07, 6.45) is 1.06. The predicted molar refractivity (Wildman–Crippen MR) is 85.6 cm³/mol. The number of aryl methyl sites for hydroxylation is 1. The van der Waals surface area contributed by atoms with Gasteiger partial charge < -0.3 is 14.6 Å². The van der Waals surface area contributed by atoms with Crippen LogP contribution in [0.5, 0.6) is 0 Å². The number of esters is 1. The zero-order valence-corrected chi connectivity index (χ0v) is 13.3. The molecule has 2 rings (SSSR count). The standard InChI is InChI=1S/C17H22N2O3/c1-12-13(14-6-4-5-7-15(14)19(12)2)10-11-18-16(20)8-9-17(21)22-3/h4-7H,8-11H2,1-3H3,(H,18,20). The molecular formula is C17H22N2O3. The summed E-state index contributed by atoms with van der Waals surface area (Å²) in [6.45, 7) is 2.66. The molecule has 1 aromatic carbocycles. The number of nitrogens with zero attached hydrogens (tertiary/aromatic N) is 1. The highest BCUT2D eigenvalue weighted by molar-refractivity contribution is 5.85. The van der Waals surface area contributed by atoms with Crippen molar-refractivity contribution in [3.05, 3.63) is 35.5 Å². The Labute approximate surface area is 130 Å². The fourth-order valence-corrected chi connectivity index (χ4v) is 2.65. The van der Waals surface area contributed by atoms with E-state index < -0.39 is 0 Å². The Kier molecular flexibility index (Phi) is 5.20. The number of ether oxygens (including phenoxy) is 1. The van der Waals surface area contributed by atoms with Gasteiger partial charge in [-0.15, -0.1) is 0 Å². The van der Waals surface area contributed by atoms with Gasteiger partial charge in [0, 0.05) is 36.6 Å². The van der Waals surface area contributed by atoms with Crippen molar-refractivity contribution in [3.63, 3.8) is 0 Å². The van der Waals surface area contributed by atoms with Crippen molar-refractivity contribution >= 4 is 22.8 Å². The van der Waals surface area contributed by atoms with Crippen molar-refractivity contribution < 1.29 is 14.3 Å². The van der Waals surface area contributed by atoms with E-state index in [0.717, 1.165) is 6.42 Å². The van der Waals surface area contributed by atoms with Crippen molar-refractivity contribution in [1.82, 2.24) is 9.88 Å². The summed E-state index contributed by atoms with van der Waals surface area (Å²) in [7, 11) is 3.37. The molecule has 0 aliphatic carbocycles. The van der Waals surface area contributed by atoms with Gasteiger partial charge in [0.25, 0.3) is 0 Å². The number of carbonyl (C=O) groups excluding carboxylic acids is 2. The Bertz CT molecular complexity index is 689. The second-order valence-electron chi connectivity index (χ2n) is 5.32. The van der Waals surface area contributed by atoms with Crippen molar-refractivity contribution in [1.29, 1.82) is 0 Å². The molecule has 0 bridgehead atoms. The number of hydrogen-bond donors (Lipinski definition) is 1. The maximum absolute atomic E-state index is 11.7. The van der Waals surface area contributed by atoms with E-state index in [1.54, 1.807) is 0 Å². The number of aromatic nitrogens is 1. The molecule has 5 nitrogen and oxygen atoms in total. The zero-order valence-electron chi connectivity index (χ0n) is 13.3. The molecule has 0 fully saturated rings. The van der Waals surface area contributed by atoms with Gasteiger partial charge in [-0.25, -0.2) is 0 Å². The topological polar surface area (TPSA) is 60.3 Å². The minimum Gasteiger partial charge on any atom is -0.469 e. The van der Waals surface area contributed by atoms with E-state index in [1.165, 1.54) is 29.3 Å². The molecule has 0 aliphatic rings. The van der Waals surface area contributed by atoms with E-state index >= 15 is 0 Å². The normalized spacial score (nSPS) is 10.7. The highest BCUT2D eigenvalue weighted by Crippen LogP contribution is 2.24. The van der Waals surface area contributed by atoms with E-state index in [-0.39, 0.29) is 24.7 Å². The summed E-state index contributed by atoms with van der Waals surface area (Å²) in [5.74, 6) is -0.483. The Balaban J connectivity index is 1.94. The molecule has 1 amide bonds. The minimum absolute atomic E-state index is 0.121. The molecule has 118 valence electrons. The molecule has 1 heterocycles. The molecule has 0 saturated heterocycles. The summed E-state index contributed by atoms with van der Waals surface area (Å²) < 4.78 is 6.69. The van der Waals surface area contributed by atoms with Crippen molar-refractivity contribution in [2.24, 2.45) is 7.05 Å². The number of fused-ring (bicyclic) bond motifs is 1. The van der Waals surface area contributed by atoms with E-state index in [0.29, 0.717) is 6.54 Å². The number of benzene rings is 1. The average molecular weight is 302 g/mol. The first-order chi connectivity index (χ1) is 10.5. The van der Waals surface area contributed by atoms with Gasteiger partial charge in [0.2, 0.25) is 5.91 Å². The van der Waals surface area contributed by atoms with Gasteiger partial charge in [0.15, 0.2) is 0 Å². The summed E-state index contributed by atoms with van der Waals surface area (Å²) in [5, 5.41) is 4.08. The predicted octanol–water partition coefficient (Wildman–Crippen LogP) is 2.10. The van der Waals surface area contributed by atoms with Crippen molar-refractivity contribution in [3.8, 4) is 0 Å². The van der Waals surface area contributed by atoms with Crippen LogP contribution in [0.25, 0.3) is 10.9 Å². The third kappa shape index (κ3) is 3.47. The van der Waals surface area contributed by atoms with E-state index in [4.69, 9.17) is 0 Å². The number of nitrogens with one attached hydrogen (secondary N) is 1. The summed E-state index contributed by atoms with van der Waals surface area (Å²) >= 11 is 0. The van der Waals surface area contributed by atoms with Gasteiger partial charge in [-0.1, -0.05) is 18.2 Å². The number of carbonyl (C=O) groups is 2. The van der Waals surface area contributed by atoms with Crippen molar-refractivity contribution in [2.45, 2.75) is 26.2 Å². The molecule has 0 spiro atoms. The quantitative estimate of drug-likeness (QED) is 0.831. The molecule has 5 heteroatoms. The van der Waals surface area contributed by atoms with Crippen LogP contribution in [-0.2, 0) is 27.8 Å². The molecule has 0 aliphatic heterocycles. The smallest absolute Gasteiger partial charge is 0.306 e. The van der Waals surface area contributed by atoms with E-state index in [9.17, 15) is 9.59 Å². The van der Waals surface area contributed by atoms with Crippen LogP contribution in [0.2, 0.25) is 0 Å². The first kappa shape index (κ1) is 16.1. The lowest BCUT2D eigenvalue weighted by Gasteiger charge is -2.06. The maximum atomic E-state index is 11.7. The van der Waals surface area contributed by atoms with Crippen LogP contribution in [0.4, 0.5) is 0 Å². The second-order valence-corrected chi connectivity index (χ2v) is 5.32. The molecule has 2 aromatic rings. The van der Waals surface area contributed by atoms with Crippen LogP contribution < -0.4 is 5.32 Å². The van der Waals surface area contributed by atoms with Gasteiger partial charge in [-0.05, 0) is 25.0 Å². The van der Waals surface area contributed by atoms with Gasteiger partial charge in [0.05, 0.1) is 13.5 Å². The highest BCUT2D eigenvalue weighted by Gasteiger charge is 2.12. The lowest BCUT2D eigenvalue weighted by atomic mass is 10.1. The maximum Gasteiger partial charge on any atom is 0.306 e. The molecule has 0 saturated carbocycles. The molecular weight excluding hydrogens is 280 g/mol. The van der Waals surface area contributed by atoms with Crippen LogP contribution in [0.15, 0.2) is 24.3 Å². The van der Waals surface area contributed by atoms with Crippen LogP contribution >= 0.6 is 0 Å². The molecule has 1 N–H and O–H groups in total. The number of para-hydroxylation sites is 1. The summed E-state index contributed by atoms with van der Waals surface area (Å²) in [4.78, 5) is 22.7. The molecule has 1 aromatic heterocycles. The van der Waals surface area contributed by atoms with E-state index in [2.05, 4.69) is 40.7 Å². The average Bonchev–Trinajstić information content (AvgIpc) is 2.78. The first-order valence-corrected chi connectivity index (χ1v) is 7.41. The number of rotatable bonds is 6. The van der Waals surface area contributed by atoms with Gasteiger partial charge >= 0.3 is 5.97 Å². The third-order valence-electron chi connectivity index (χ3n) is 4.01. The van der Waals surface area contributed by atoms with Crippen LogP contribution in [0.1, 0.15) is 24.1 Å². The second kappa shape index (κ2) is 7.11. The summed E-state index contributed by atoms with van der Waals surface area (Å²) in [5.41, 5.74) is 3.67.